The summed E-state index contributed by atoms with van der Waals surface area (Å²) in [4.78, 5) is 10.2. The van der Waals surface area contributed by atoms with Gasteiger partial charge in [0.15, 0.2) is 0 Å². The fourth-order valence-corrected chi connectivity index (χ4v) is 2.11. The third-order valence-electron chi connectivity index (χ3n) is 3.16. The average Bonchev–Trinajstić information content (AvgIpc) is 2.35. The van der Waals surface area contributed by atoms with Gasteiger partial charge in [-0.25, -0.2) is 9.97 Å². The molecule has 1 heterocycles. The minimum atomic E-state index is 0. The second-order valence-corrected chi connectivity index (χ2v) is 4.85. The zero-order valence-corrected chi connectivity index (χ0v) is 12.0. The molecule has 0 aliphatic heterocycles. The second-order valence-electron chi connectivity index (χ2n) is 4.85. The van der Waals surface area contributed by atoms with Gasteiger partial charge in [-0.2, -0.15) is 0 Å². The summed E-state index contributed by atoms with van der Waals surface area (Å²) >= 11 is 0. The van der Waals surface area contributed by atoms with E-state index in [1.165, 1.54) is 5.56 Å². The van der Waals surface area contributed by atoms with Crippen molar-refractivity contribution >= 4 is 27.8 Å². The number of aryl methyl sites for hydroxylation is 1. The van der Waals surface area contributed by atoms with E-state index in [-0.39, 0.29) is 12.4 Å². The van der Waals surface area contributed by atoms with E-state index in [9.17, 15) is 0 Å². The summed E-state index contributed by atoms with van der Waals surface area (Å²) < 4.78 is 0. The SMILES string of the molecule is Cc1ccc2[nH+]c3ccc(N(C)C)cc3nc2c1.[Cl-]. The van der Waals surface area contributed by atoms with E-state index in [4.69, 9.17) is 4.98 Å². The van der Waals surface area contributed by atoms with Gasteiger partial charge in [-0.3, -0.25) is 0 Å². The smallest absolute Gasteiger partial charge is 0.230 e. The number of hydrogen-bond acceptors (Lipinski definition) is 2. The number of benzene rings is 2. The molecule has 3 aromatic rings. The highest BCUT2D eigenvalue weighted by molar-refractivity contribution is 5.83. The molecule has 0 aliphatic carbocycles. The van der Waals surface area contributed by atoms with Crippen LogP contribution in [0.15, 0.2) is 36.4 Å². The maximum Gasteiger partial charge on any atom is 0.230 e. The van der Waals surface area contributed by atoms with Gasteiger partial charge < -0.3 is 17.3 Å². The summed E-state index contributed by atoms with van der Waals surface area (Å²) in [7, 11) is 4.08. The molecule has 3 nitrogen and oxygen atoms in total. The zero-order valence-electron chi connectivity index (χ0n) is 11.2. The molecule has 0 bridgehead atoms. The molecule has 0 radical (unpaired) electrons. The Bertz CT molecular complexity index is 738. The molecular formula is C15H16ClN3. The maximum absolute atomic E-state index is 4.72. The van der Waals surface area contributed by atoms with E-state index in [2.05, 4.69) is 53.2 Å². The first-order valence-electron chi connectivity index (χ1n) is 6.04. The van der Waals surface area contributed by atoms with Crippen LogP contribution in [0.1, 0.15) is 5.56 Å². The Hall–Kier alpha value is -1.87. The van der Waals surface area contributed by atoms with E-state index in [1.54, 1.807) is 0 Å². The van der Waals surface area contributed by atoms with Crippen molar-refractivity contribution in [3.05, 3.63) is 42.0 Å². The number of hydrogen-bond donors (Lipinski definition) is 0. The number of nitrogens with zero attached hydrogens (tertiary/aromatic N) is 2. The van der Waals surface area contributed by atoms with Crippen LogP contribution in [0.3, 0.4) is 0 Å². The number of anilines is 1. The molecule has 0 aliphatic rings. The Kier molecular flexibility index (Phi) is 3.58. The lowest BCUT2D eigenvalue weighted by Crippen LogP contribution is -3.00. The number of fused-ring (bicyclic) bond motifs is 2. The minimum absolute atomic E-state index is 0. The van der Waals surface area contributed by atoms with E-state index in [1.807, 2.05) is 14.1 Å². The molecule has 1 aromatic heterocycles. The molecule has 0 saturated carbocycles. The largest absolute Gasteiger partial charge is 1.00 e. The van der Waals surface area contributed by atoms with Crippen molar-refractivity contribution < 1.29 is 17.4 Å². The van der Waals surface area contributed by atoms with Crippen molar-refractivity contribution in [1.29, 1.82) is 0 Å². The summed E-state index contributed by atoms with van der Waals surface area (Å²) in [6.45, 7) is 2.08. The van der Waals surface area contributed by atoms with E-state index < -0.39 is 0 Å². The van der Waals surface area contributed by atoms with Crippen LogP contribution in [-0.4, -0.2) is 19.1 Å². The summed E-state index contributed by atoms with van der Waals surface area (Å²) in [5.41, 5.74) is 6.54. The highest BCUT2D eigenvalue weighted by Gasteiger charge is 2.08. The van der Waals surface area contributed by atoms with Crippen molar-refractivity contribution in [1.82, 2.24) is 4.98 Å². The van der Waals surface area contributed by atoms with E-state index in [0.29, 0.717) is 0 Å². The van der Waals surface area contributed by atoms with Crippen molar-refractivity contribution in [2.24, 2.45) is 0 Å². The molecule has 19 heavy (non-hydrogen) atoms. The molecule has 1 N–H and O–H groups in total. The number of aromatic nitrogens is 2. The molecule has 0 unspecified atom stereocenters. The van der Waals surface area contributed by atoms with Gasteiger partial charge in [0.1, 0.15) is 11.0 Å². The van der Waals surface area contributed by atoms with Gasteiger partial charge in [0.2, 0.25) is 11.0 Å². The standard InChI is InChI=1S/C15H15N3.ClH/c1-10-4-6-12-14(8-10)17-15-9-11(18(2)3)5-7-13(15)16-12;/h4-9H,1-3H3;1H. The lowest BCUT2D eigenvalue weighted by Gasteiger charge is -2.11. The Morgan fingerprint density at radius 1 is 0.947 bits per heavy atom. The minimum Gasteiger partial charge on any atom is -1.00 e. The quantitative estimate of drug-likeness (QED) is 0.564. The molecule has 2 aromatic carbocycles. The van der Waals surface area contributed by atoms with Gasteiger partial charge >= 0.3 is 0 Å². The third kappa shape index (κ3) is 2.47. The van der Waals surface area contributed by atoms with E-state index >= 15 is 0 Å². The van der Waals surface area contributed by atoms with Crippen LogP contribution < -0.4 is 22.3 Å². The van der Waals surface area contributed by atoms with Crippen molar-refractivity contribution in [3.63, 3.8) is 0 Å². The van der Waals surface area contributed by atoms with Gasteiger partial charge in [0.25, 0.3) is 0 Å². The summed E-state index contributed by atoms with van der Waals surface area (Å²) in [6, 6.07) is 12.6. The Morgan fingerprint density at radius 3 is 2.26 bits per heavy atom. The van der Waals surface area contributed by atoms with Crippen molar-refractivity contribution in [3.8, 4) is 0 Å². The van der Waals surface area contributed by atoms with Crippen LogP contribution in [0.4, 0.5) is 5.69 Å². The van der Waals surface area contributed by atoms with Gasteiger partial charge in [-0.05, 0) is 30.7 Å². The average molecular weight is 274 g/mol. The molecule has 0 fully saturated rings. The van der Waals surface area contributed by atoms with Crippen LogP contribution in [0.2, 0.25) is 0 Å². The zero-order chi connectivity index (χ0) is 12.7. The summed E-state index contributed by atoms with van der Waals surface area (Å²) in [6.07, 6.45) is 0. The van der Waals surface area contributed by atoms with Gasteiger partial charge in [-0.1, -0.05) is 6.07 Å². The predicted molar refractivity (Wildman–Crippen MR) is 74.9 cm³/mol. The van der Waals surface area contributed by atoms with Gasteiger partial charge in [0.05, 0.1) is 0 Å². The first-order valence-corrected chi connectivity index (χ1v) is 6.04. The molecule has 98 valence electrons. The lowest BCUT2D eigenvalue weighted by molar-refractivity contribution is -0.310. The number of H-pyrrole nitrogens is 1. The van der Waals surface area contributed by atoms with Crippen LogP contribution in [-0.2, 0) is 0 Å². The number of rotatable bonds is 1. The first-order chi connectivity index (χ1) is 8.63. The monoisotopic (exact) mass is 273 g/mol. The molecule has 4 heteroatoms. The molecule has 0 amide bonds. The van der Waals surface area contributed by atoms with Crippen LogP contribution in [0.5, 0.6) is 0 Å². The van der Waals surface area contributed by atoms with Crippen LogP contribution >= 0.6 is 0 Å². The maximum atomic E-state index is 4.72. The highest BCUT2D eigenvalue weighted by Crippen LogP contribution is 2.19. The Morgan fingerprint density at radius 2 is 1.58 bits per heavy atom. The Balaban J connectivity index is 0.00000133. The molecule has 0 saturated heterocycles. The summed E-state index contributed by atoms with van der Waals surface area (Å²) in [5, 5.41) is 0. The first kappa shape index (κ1) is 13.6. The fraction of sp³-hybridized carbons (Fsp3) is 0.200. The van der Waals surface area contributed by atoms with Gasteiger partial charge in [-0.15, -0.1) is 0 Å². The Labute approximate surface area is 118 Å². The van der Waals surface area contributed by atoms with E-state index in [0.717, 1.165) is 27.8 Å². The number of halogens is 1. The predicted octanol–water partition coefficient (Wildman–Crippen LogP) is -0.419. The number of nitrogens with one attached hydrogen (secondary N) is 1. The molecule has 0 spiro atoms. The second kappa shape index (κ2) is 5.02. The topological polar surface area (TPSA) is 30.3 Å². The molecular weight excluding hydrogens is 258 g/mol. The normalized spacial score (nSPS) is 10.5. The molecule has 0 atom stereocenters. The van der Waals surface area contributed by atoms with Crippen molar-refractivity contribution in [2.75, 3.05) is 19.0 Å². The summed E-state index contributed by atoms with van der Waals surface area (Å²) in [5.74, 6) is 0. The lowest BCUT2D eigenvalue weighted by atomic mass is 10.2. The fourth-order valence-electron chi connectivity index (χ4n) is 2.11. The van der Waals surface area contributed by atoms with Crippen molar-refractivity contribution in [2.45, 2.75) is 6.92 Å². The van der Waals surface area contributed by atoms with Crippen LogP contribution in [0, 0.1) is 6.92 Å². The van der Waals surface area contributed by atoms with Gasteiger partial charge in [0, 0.05) is 31.9 Å². The van der Waals surface area contributed by atoms with Crippen LogP contribution in [0.25, 0.3) is 22.1 Å². The number of aromatic amines is 1. The molecule has 3 rings (SSSR count). The highest BCUT2D eigenvalue weighted by atomic mass is 35.5. The third-order valence-corrected chi connectivity index (χ3v) is 3.16.